The quantitative estimate of drug-likeness (QED) is 0.843. The van der Waals surface area contributed by atoms with Gasteiger partial charge in [-0.15, -0.1) is 22.9 Å². The number of halogens is 3. The van der Waals surface area contributed by atoms with E-state index in [9.17, 15) is 8.42 Å². The van der Waals surface area contributed by atoms with Crippen LogP contribution in [0.4, 0.5) is 0 Å². The molecule has 0 saturated heterocycles. The standard InChI is InChI=1S/C10H12Cl3NO2S2/c11-7-3-1-2-6(7)5-14-18(15,16)8-4-9(12)17-10(8)13/h4,6-7,14H,1-3,5H2. The van der Waals surface area contributed by atoms with Gasteiger partial charge in [-0.1, -0.05) is 29.6 Å². The summed E-state index contributed by atoms with van der Waals surface area (Å²) < 4.78 is 27.2. The van der Waals surface area contributed by atoms with E-state index in [0.717, 1.165) is 30.6 Å². The molecule has 1 aromatic rings. The SMILES string of the molecule is O=S(=O)(NCC1CCCC1Cl)c1cc(Cl)sc1Cl. The van der Waals surface area contributed by atoms with E-state index >= 15 is 0 Å². The van der Waals surface area contributed by atoms with Gasteiger partial charge in [0.05, 0.1) is 4.34 Å². The summed E-state index contributed by atoms with van der Waals surface area (Å²) in [5.41, 5.74) is 0. The van der Waals surface area contributed by atoms with Gasteiger partial charge in [0, 0.05) is 11.9 Å². The first-order chi connectivity index (χ1) is 8.40. The summed E-state index contributed by atoms with van der Waals surface area (Å²) in [6.07, 6.45) is 2.94. The lowest BCUT2D eigenvalue weighted by Gasteiger charge is -2.14. The minimum absolute atomic E-state index is 0.0447. The van der Waals surface area contributed by atoms with E-state index in [2.05, 4.69) is 4.72 Å². The minimum Gasteiger partial charge on any atom is -0.211 e. The smallest absolute Gasteiger partial charge is 0.211 e. The molecule has 2 unspecified atom stereocenters. The maximum absolute atomic E-state index is 12.0. The van der Waals surface area contributed by atoms with Crippen molar-refractivity contribution in [3.8, 4) is 0 Å². The van der Waals surface area contributed by atoms with Crippen LogP contribution in [0.15, 0.2) is 11.0 Å². The largest absolute Gasteiger partial charge is 0.242 e. The molecule has 3 nitrogen and oxygen atoms in total. The molecule has 1 N–H and O–H groups in total. The van der Waals surface area contributed by atoms with Crippen LogP contribution < -0.4 is 4.72 Å². The van der Waals surface area contributed by atoms with Crippen LogP contribution in [0.25, 0.3) is 0 Å². The Kier molecular flexibility index (Phi) is 4.84. The lowest BCUT2D eigenvalue weighted by molar-refractivity contribution is 0.524. The molecule has 2 atom stereocenters. The first-order valence-electron chi connectivity index (χ1n) is 5.48. The van der Waals surface area contributed by atoms with Crippen LogP contribution in [0, 0.1) is 5.92 Å². The molecule has 1 heterocycles. The Morgan fingerprint density at radius 3 is 2.61 bits per heavy atom. The predicted octanol–water partition coefficient (Wildman–Crippen LogP) is 3.74. The lowest BCUT2D eigenvalue weighted by atomic mass is 10.1. The summed E-state index contributed by atoms with van der Waals surface area (Å²) in [5, 5.41) is 0.0502. The van der Waals surface area contributed by atoms with Crippen molar-refractivity contribution in [3.05, 3.63) is 14.7 Å². The molecule has 0 aromatic carbocycles. The van der Waals surface area contributed by atoms with Crippen molar-refractivity contribution in [2.45, 2.75) is 29.5 Å². The second kappa shape index (κ2) is 5.85. The second-order valence-corrected chi connectivity index (χ2v) is 8.83. The highest BCUT2D eigenvalue weighted by Gasteiger charge is 2.28. The van der Waals surface area contributed by atoms with Crippen molar-refractivity contribution >= 4 is 56.2 Å². The topological polar surface area (TPSA) is 46.2 Å². The summed E-state index contributed by atoms with van der Waals surface area (Å²) in [6, 6.07) is 1.36. The molecule has 0 bridgehead atoms. The van der Waals surface area contributed by atoms with Gasteiger partial charge < -0.3 is 0 Å². The van der Waals surface area contributed by atoms with Crippen LogP contribution in [0.3, 0.4) is 0 Å². The molecule has 1 aliphatic rings. The van der Waals surface area contributed by atoms with E-state index < -0.39 is 10.0 Å². The molecule has 1 fully saturated rings. The number of thiophene rings is 1. The van der Waals surface area contributed by atoms with E-state index in [-0.39, 0.29) is 20.5 Å². The van der Waals surface area contributed by atoms with Crippen molar-refractivity contribution in [1.82, 2.24) is 4.72 Å². The highest BCUT2D eigenvalue weighted by Crippen LogP contribution is 2.34. The van der Waals surface area contributed by atoms with Gasteiger partial charge in [0.15, 0.2) is 0 Å². The van der Waals surface area contributed by atoms with Gasteiger partial charge in [0.1, 0.15) is 9.23 Å². The number of hydrogen-bond donors (Lipinski definition) is 1. The first kappa shape index (κ1) is 14.9. The molecule has 0 amide bonds. The van der Waals surface area contributed by atoms with Gasteiger partial charge in [-0.05, 0) is 24.8 Å². The normalized spacial score (nSPS) is 24.6. The van der Waals surface area contributed by atoms with Crippen LogP contribution >= 0.6 is 46.1 Å². The zero-order chi connectivity index (χ0) is 13.3. The molecule has 0 radical (unpaired) electrons. The number of nitrogens with one attached hydrogen (secondary N) is 1. The lowest BCUT2D eigenvalue weighted by Crippen LogP contribution is -2.31. The van der Waals surface area contributed by atoms with E-state index in [1.165, 1.54) is 6.07 Å². The minimum atomic E-state index is -3.60. The number of sulfonamides is 1. The summed E-state index contributed by atoms with van der Waals surface area (Å²) >= 11 is 18.7. The van der Waals surface area contributed by atoms with Gasteiger partial charge in [-0.3, -0.25) is 0 Å². The van der Waals surface area contributed by atoms with Gasteiger partial charge in [0.2, 0.25) is 10.0 Å². The van der Waals surface area contributed by atoms with Gasteiger partial charge in [-0.25, -0.2) is 13.1 Å². The molecule has 0 aliphatic heterocycles. The maximum Gasteiger partial charge on any atom is 0.242 e. The third kappa shape index (κ3) is 3.32. The Hall–Kier alpha value is 0.480. The Labute approximate surface area is 125 Å². The van der Waals surface area contributed by atoms with Crippen molar-refractivity contribution in [3.63, 3.8) is 0 Å². The fourth-order valence-corrected chi connectivity index (χ4v) is 5.64. The van der Waals surface area contributed by atoms with E-state index in [1.807, 2.05) is 0 Å². The van der Waals surface area contributed by atoms with Crippen LogP contribution in [-0.2, 0) is 10.0 Å². The van der Waals surface area contributed by atoms with Crippen molar-refractivity contribution in [1.29, 1.82) is 0 Å². The molecule has 1 aromatic heterocycles. The van der Waals surface area contributed by atoms with E-state index in [0.29, 0.717) is 10.9 Å². The third-order valence-corrected chi connectivity index (χ3v) is 6.77. The average molecular weight is 349 g/mol. The monoisotopic (exact) mass is 347 g/mol. The Morgan fingerprint density at radius 2 is 2.11 bits per heavy atom. The summed E-state index contributed by atoms with van der Waals surface area (Å²) in [6.45, 7) is 0.348. The molecule has 1 aliphatic carbocycles. The van der Waals surface area contributed by atoms with Crippen LogP contribution in [0.2, 0.25) is 8.67 Å². The van der Waals surface area contributed by atoms with Crippen molar-refractivity contribution < 1.29 is 8.42 Å². The van der Waals surface area contributed by atoms with E-state index in [4.69, 9.17) is 34.8 Å². The Balaban J connectivity index is 2.06. The highest BCUT2D eigenvalue weighted by atomic mass is 35.5. The molecule has 18 heavy (non-hydrogen) atoms. The van der Waals surface area contributed by atoms with Gasteiger partial charge in [-0.2, -0.15) is 0 Å². The average Bonchev–Trinajstić information content (AvgIpc) is 2.82. The van der Waals surface area contributed by atoms with Crippen molar-refractivity contribution in [2.75, 3.05) is 6.54 Å². The van der Waals surface area contributed by atoms with Gasteiger partial charge in [0.25, 0.3) is 0 Å². The number of hydrogen-bond acceptors (Lipinski definition) is 3. The Bertz CT molecular complexity index is 529. The Morgan fingerprint density at radius 1 is 1.39 bits per heavy atom. The van der Waals surface area contributed by atoms with Crippen LogP contribution in [-0.4, -0.2) is 20.3 Å². The summed E-state index contributed by atoms with van der Waals surface area (Å²) in [5.74, 6) is 0.189. The highest BCUT2D eigenvalue weighted by molar-refractivity contribution is 7.89. The molecule has 2 rings (SSSR count). The second-order valence-electron chi connectivity index (χ2n) is 4.25. The molecular formula is C10H12Cl3NO2S2. The molecule has 0 spiro atoms. The number of rotatable bonds is 4. The molecule has 1 saturated carbocycles. The maximum atomic E-state index is 12.0. The molecular weight excluding hydrogens is 337 g/mol. The third-order valence-electron chi connectivity index (χ3n) is 3.02. The van der Waals surface area contributed by atoms with Gasteiger partial charge >= 0.3 is 0 Å². The number of alkyl halides is 1. The fourth-order valence-electron chi connectivity index (χ4n) is 2.02. The zero-order valence-electron chi connectivity index (χ0n) is 9.33. The predicted molar refractivity (Wildman–Crippen MR) is 76.5 cm³/mol. The van der Waals surface area contributed by atoms with E-state index in [1.54, 1.807) is 0 Å². The fraction of sp³-hybridized carbons (Fsp3) is 0.600. The summed E-state index contributed by atoms with van der Waals surface area (Å²) in [7, 11) is -3.60. The molecule has 102 valence electrons. The molecule has 8 heteroatoms. The van der Waals surface area contributed by atoms with Crippen LogP contribution in [0.5, 0.6) is 0 Å². The summed E-state index contributed by atoms with van der Waals surface area (Å²) in [4.78, 5) is 0.0447. The zero-order valence-corrected chi connectivity index (χ0v) is 13.2. The first-order valence-corrected chi connectivity index (χ1v) is 8.98. The van der Waals surface area contributed by atoms with Crippen molar-refractivity contribution in [2.24, 2.45) is 5.92 Å². The van der Waals surface area contributed by atoms with Crippen LogP contribution in [0.1, 0.15) is 19.3 Å².